The number of carbonyl (C=O) groups is 1. The molecule has 0 spiro atoms. The maximum atomic E-state index is 13.0. The van der Waals surface area contributed by atoms with Crippen LogP contribution in [0.15, 0.2) is 53.4 Å². The number of tetrazole rings is 1. The lowest BCUT2D eigenvalue weighted by Gasteiger charge is -2.34. The van der Waals surface area contributed by atoms with E-state index in [1.807, 2.05) is 35.2 Å². The van der Waals surface area contributed by atoms with Crippen LogP contribution in [0.4, 0.5) is 11.6 Å². The van der Waals surface area contributed by atoms with Crippen molar-refractivity contribution >= 4 is 27.4 Å². The van der Waals surface area contributed by atoms with Crippen molar-refractivity contribution in [2.45, 2.75) is 4.90 Å². The summed E-state index contributed by atoms with van der Waals surface area (Å²) in [6, 6.07) is 12.6. The first-order valence-corrected chi connectivity index (χ1v) is 11.5. The van der Waals surface area contributed by atoms with E-state index >= 15 is 0 Å². The first-order chi connectivity index (χ1) is 15.2. The molecule has 1 saturated heterocycles. The highest BCUT2D eigenvalue weighted by Gasteiger charge is 2.27. The number of nitrogens with zero attached hydrogens (tertiary/aromatic N) is 7. The zero-order valence-electron chi connectivity index (χ0n) is 17.0. The molecule has 1 fully saturated rings. The molecule has 1 amide bonds. The van der Waals surface area contributed by atoms with Crippen LogP contribution in [0.25, 0.3) is 5.69 Å². The van der Waals surface area contributed by atoms with Gasteiger partial charge in [-0.15, -0.1) is 0 Å². The highest BCUT2D eigenvalue weighted by Crippen LogP contribution is 2.23. The van der Waals surface area contributed by atoms with Gasteiger partial charge in [-0.05, 0) is 28.6 Å². The number of non-ortho nitro benzene ring substituents is 1. The maximum absolute atomic E-state index is 13.0. The number of anilines is 1. The Hall–Kier alpha value is -3.87. The van der Waals surface area contributed by atoms with Gasteiger partial charge in [0.25, 0.3) is 11.6 Å². The standard InChI is InChI=1S/C19H19N7O5S/c1-32(30,31)17-12-14(11-16(13-17)26(28)29)18(27)23-7-9-24(10-8-23)19-20-21-22-25(19)15-5-3-2-4-6-15/h2-6,11-13H,7-10H2,1H3. The van der Waals surface area contributed by atoms with Crippen LogP contribution in [0.3, 0.4) is 0 Å². The molecular formula is C19H19N7O5S. The van der Waals surface area contributed by atoms with Crippen LogP contribution in [-0.2, 0) is 9.84 Å². The minimum Gasteiger partial charge on any atom is -0.336 e. The molecule has 0 radical (unpaired) electrons. The molecule has 0 saturated carbocycles. The van der Waals surface area contributed by atoms with Crippen molar-refractivity contribution in [1.29, 1.82) is 0 Å². The molecule has 166 valence electrons. The number of nitro benzene ring substituents is 1. The molecule has 1 aliphatic rings. The molecule has 4 rings (SSSR count). The number of carbonyl (C=O) groups excluding carboxylic acids is 1. The summed E-state index contributed by atoms with van der Waals surface area (Å²) >= 11 is 0. The van der Waals surface area contributed by atoms with Gasteiger partial charge in [0, 0.05) is 50.1 Å². The van der Waals surface area contributed by atoms with Crippen LogP contribution in [0.5, 0.6) is 0 Å². The Kier molecular flexibility index (Phi) is 5.57. The molecule has 0 aliphatic carbocycles. The third-order valence-corrected chi connectivity index (χ3v) is 6.17. The number of para-hydroxylation sites is 1. The molecule has 13 heteroatoms. The number of amides is 1. The average Bonchev–Trinajstić information content (AvgIpc) is 3.28. The normalized spacial score (nSPS) is 14.4. The van der Waals surface area contributed by atoms with Crippen LogP contribution < -0.4 is 4.90 Å². The largest absolute Gasteiger partial charge is 0.336 e. The van der Waals surface area contributed by atoms with Crippen LogP contribution in [0.1, 0.15) is 10.4 Å². The molecule has 1 aliphatic heterocycles. The van der Waals surface area contributed by atoms with E-state index in [1.165, 1.54) is 11.0 Å². The Morgan fingerprint density at radius 2 is 1.75 bits per heavy atom. The second-order valence-electron chi connectivity index (χ2n) is 7.25. The summed E-state index contributed by atoms with van der Waals surface area (Å²) in [5.41, 5.74) is 0.315. The van der Waals surface area contributed by atoms with Crippen molar-refractivity contribution in [3.63, 3.8) is 0 Å². The predicted octanol–water partition coefficient (Wildman–Crippen LogP) is 0.936. The molecule has 0 atom stereocenters. The van der Waals surface area contributed by atoms with Gasteiger partial charge >= 0.3 is 0 Å². The summed E-state index contributed by atoms with van der Waals surface area (Å²) in [6.45, 7) is 1.51. The Balaban J connectivity index is 1.52. The molecular weight excluding hydrogens is 438 g/mol. The van der Waals surface area contributed by atoms with E-state index in [0.717, 1.165) is 24.1 Å². The van der Waals surface area contributed by atoms with Crippen LogP contribution in [-0.4, -0.2) is 76.8 Å². The highest BCUT2D eigenvalue weighted by atomic mass is 32.2. The summed E-state index contributed by atoms with van der Waals surface area (Å²) in [7, 11) is -3.72. The summed E-state index contributed by atoms with van der Waals surface area (Å²) < 4.78 is 25.4. The predicted molar refractivity (Wildman–Crippen MR) is 113 cm³/mol. The number of hydrogen-bond acceptors (Lipinski definition) is 9. The van der Waals surface area contributed by atoms with Crippen molar-refractivity contribution in [2.75, 3.05) is 37.3 Å². The number of sulfone groups is 1. The van der Waals surface area contributed by atoms with Crippen molar-refractivity contribution in [3.8, 4) is 5.69 Å². The van der Waals surface area contributed by atoms with E-state index in [0.29, 0.717) is 32.1 Å². The summed E-state index contributed by atoms with van der Waals surface area (Å²) in [5.74, 6) is 0.0684. The number of rotatable bonds is 5. The molecule has 2 aromatic carbocycles. The number of aromatic nitrogens is 4. The van der Waals surface area contributed by atoms with Gasteiger partial charge in [0.15, 0.2) is 9.84 Å². The summed E-state index contributed by atoms with van der Waals surface area (Å²) in [4.78, 5) is 26.7. The third kappa shape index (κ3) is 4.27. The first-order valence-electron chi connectivity index (χ1n) is 9.61. The van der Waals surface area contributed by atoms with E-state index < -0.39 is 26.4 Å². The number of hydrogen-bond donors (Lipinski definition) is 0. The Morgan fingerprint density at radius 3 is 2.38 bits per heavy atom. The van der Waals surface area contributed by atoms with E-state index in [2.05, 4.69) is 15.5 Å². The SMILES string of the molecule is CS(=O)(=O)c1cc(C(=O)N2CCN(c3nnnn3-c3ccccc3)CC2)cc([N+](=O)[O-])c1. The van der Waals surface area contributed by atoms with Crippen molar-refractivity contribution in [1.82, 2.24) is 25.1 Å². The number of nitro groups is 1. The Morgan fingerprint density at radius 1 is 1.06 bits per heavy atom. The van der Waals surface area contributed by atoms with Gasteiger partial charge in [0.1, 0.15) is 0 Å². The maximum Gasteiger partial charge on any atom is 0.271 e. The minimum absolute atomic E-state index is 0.0396. The fraction of sp³-hybridized carbons (Fsp3) is 0.263. The highest BCUT2D eigenvalue weighted by molar-refractivity contribution is 7.90. The zero-order valence-corrected chi connectivity index (χ0v) is 17.8. The van der Waals surface area contributed by atoms with Gasteiger partial charge in [-0.1, -0.05) is 23.3 Å². The molecule has 1 aromatic heterocycles. The molecule has 2 heterocycles. The lowest BCUT2D eigenvalue weighted by Crippen LogP contribution is -2.49. The van der Waals surface area contributed by atoms with E-state index in [4.69, 9.17) is 0 Å². The number of benzene rings is 2. The monoisotopic (exact) mass is 457 g/mol. The van der Waals surface area contributed by atoms with Crippen molar-refractivity contribution in [3.05, 3.63) is 64.2 Å². The average molecular weight is 457 g/mol. The van der Waals surface area contributed by atoms with E-state index in [9.17, 15) is 23.3 Å². The lowest BCUT2D eigenvalue weighted by molar-refractivity contribution is -0.385. The second kappa shape index (κ2) is 8.34. The van der Waals surface area contributed by atoms with Crippen LogP contribution in [0, 0.1) is 10.1 Å². The zero-order chi connectivity index (χ0) is 22.9. The van der Waals surface area contributed by atoms with Crippen molar-refractivity contribution in [2.24, 2.45) is 0 Å². The van der Waals surface area contributed by atoms with Gasteiger partial charge in [-0.2, -0.15) is 4.68 Å². The first kappa shape index (κ1) is 21.4. The molecule has 0 N–H and O–H groups in total. The molecule has 32 heavy (non-hydrogen) atoms. The topological polar surface area (TPSA) is 144 Å². The minimum atomic E-state index is -3.72. The molecule has 12 nitrogen and oxygen atoms in total. The third-order valence-electron chi connectivity index (χ3n) is 5.08. The smallest absolute Gasteiger partial charge is 0.271 e. The van der Waals surface area contributed by atoms with Gasteiger partial charge in [0.2, 0.25) is 5.95 Å². The van der Waals surface area contributed by atoms with Gasteiger partial charge in [0.05, 0.1) is 15.5 Å². The van der Waals surface area contributed by atoms with E-state index in [1.54, 1.807) is 4.68 Å². The quantitative estimate of drug-likeness (QED) is 0.403. The Labute approximate surface area is 183 Å². The van der Waals surface area contributed by atoms with Gasteiger partial charge < -0.3 is 9.80 Å². The Bertz CT molecular complexity index is 1270. The van der Waals surface area contributed by atoms with Gasteiger partial charge in [-0.3, -0.25) is 14.9 Å². The summed E-state index contributed by atoms with van der Waals surface area (Å²) in [6.07, 6.45) is 0.940. The van der Waals surface area contributed by atoms with Crippen LogP contribution >= 0.6 is 0 Å². The van der Waals surface area contributed by atoms with Crippen molar-refractivity contribution < 1.29 is 18.1 Å². The fourth-order valence-electron chi connectivity index (χ4n) is 3.43. The number of piperazine rings is 1. The fourth-order valence-corrected chi connectivity index (χ4v) is 4.11. The molecule has 0 bridgehead atoms. The second-order valence-corrected chi connectivity index (χ2v) is 9.27. The van der Waals surface area contributed by atoms with Crippen LogP contribution in [0.2, 0.25) is 0 Å². The van der Waals surface area contributed by atoms with E-state index in [-0.39, 0.29) is 10.5 Å². The summed E-state index contributed by atoms with van der Waals surface area (Å²) in [5, 5.41) is 23.1. The van der Waals surface area contributed by atoms with Gasteiger partial charge in [-0.25, -0.2) is 8.42 Å². The lowest BCUT2D eigenvalue weighted by atomic mass is 10.1. The molecule has 3 aromatic rings. The molecule has 0 unspecified atom stereocenters.